The van der Waals surface area contributed by atoms with E-state index in [0.29, 0.717) is 5.56 Å². The Morgan fingerprint density at radius 2 is 2.31 bits per heavy atom. The fourth-order valence-electron chi connectivity index (χ4n) is 1.12. The van der Waals surface area contributed by atoms with Crippen molar-refractivity contribution < 1.29 is 5.11 Å². The molecule has 1 N–H and O–H groups in total. The summed E-state index contributed by atoms with van der Waals surface area (Å²) < 4.78 is 0.791. The van der Waals surface area contributed by atoms with Gasteiger partial charge in [-0.05, 0) is 27.6 Å². The van der Waals surface area contributed by atoms with Gasteiger partial charge in [-0.2, -0.15) is 5.26 Å². The number of aliphatic hydroxyl groups excluding tert-OH is 1. The average molecular weight is 240 g/mol. The monoisotopic (exact) mass is 239 g/mol. The van der Waals surface area contributed by atoms with Crippen LogP contribution >= 0.6 is 15.9 Å². The molecule has 0 aliphatic carbocycles. The molecule has 3 heteroatoms. The third kappa shape index (κ3) is 2.09. The summed E-state index contributed by atoms with van der Waals surface area (Å²) in [7, 11) is 0. The van der Waals surface area contributed by atoms with E-state index < -0.39 is 0 Å². The molecular formula is C10H10BrNO. The van der Waals surface area contributed by atoms with Crippen LogP contribution in [-0.4, -0.2) is 11.7 Å². The van der Waals surface area contributed by atoms with Crippen LogP contribution < -0.4 is 0 Å². The molecule has 1 atom stereocenters. The van der Waals surface area contributed by atoms with Crippen LogP contribution in [0.2, 0.25) is 0 Å². The molecule has 0 fully saturated rings. The van der Waals surface area contributed by atoms with Gasteiger partial charge in [0.1, 0.15) is 6.07 Å². The lowest BCUT2D eigenvalue weighted by molar-refractivity contribution is 0.273. The van der Waals surface area contributed by atoms with Crippen molar-refractivity contribution in [3.05, 3.63) is 33.8 Å². The van der Waals surface area contributed by atoms with Gasteiger partial charge in [0.05, 0.1) is 5.56 Å². The maximum atomic E-state index is 8.97. The SMILES string of the molecule is CC(CO)c1cccc(C#N)c1Br. The van der Waals surface area contributed by atoms with E-state index in [1.807, 2.05) is 19.1 Å². The number of aliphatic hydroxyl groups is 1. The number of halogens is 1. The second kappa shape index (κ2) is 4.40. The van der Waals surface area contributed by atoms with Crippen molar-refractivity contribution in [3.8, 4) is 6.07 Å². The molecule has 1 aromatic carbocycles. The summed E-state index contributed by atoms with van der Waals surface area (Å²) in [4.78, 5) is 0. The number of nitrogens with zero attached hydrogens (tertiary/aromatic N) is 1. The Kier molecular flexibility index (Phi) is 3.47. The van der Waals surface area contributed by atoms with Crippen LogP contribution in [-0.2, 0) is 0 Å². The summed E-state index contributed by atoms with van der Waals surface area (Å²) in [5, 5.41) is 17.7. The summed E-state index contributed by atoms with van der Waals surface area (Å²) in [5.41, 5.74) is 1.58. The van der Waals surface area contributed by atoms with E-state index in [1.54, 1.807) is 6.07 Å². The minimum Gasteiger partial charge on any atom is -0.396 e. The molecule has 0 heterocycles. The lowest BCUT2D eigenvalue weighted by Crippen LogP contribution is -2.00. The third-order valence-electron chi connectivity index (χ3n) is 1.95. The first kappa shape index (κ1) is 10.2. The lowest BCUT2D eigenvalue weighted by atomic mass is 10.0. The van der Waals surface area contributed by atoms with Gasteiger partial charge >= 0.3 is 0 Å². The van der Waals surface area contributed by atoms with Crippen LogP contribution in [0.4, 0.5) is 0 Å². The molecule has 68 valence electrons. The van der Waals surface area contributed by atoms with E-state index in [4.69, 9.17) is 10.4 Å². The van der Waals surface area contributed by atoms with Gasteiger partial charge in [0, 0.05) is 17.0 Å². The first-order valence-corrected chi connectivity index (χ1v) is 4.79. The minimum absolute atomic E-state index is 0.0580. The predicted octanol–water partition coefficient (Wildman–Crippen LogP) is 2.42. The van der Waals surface area contributed by atoms with Crippen LogP contribution in [0.5, 0.6) is 0 Å². The zero-order valence-electron chi connectivity index (χ0n) is 7.29. The summed E-state index contributed by atoms with van der Waals surface area (Å²) in [6.45, 7) is 2.01. The van der Waals surface area contributed by atoms with E-state index in [1.165, 1.54) is 0 Å². The minimum atomic E-state index is 0.0580. The molecule has 0 aliphatic rings. The van der Waals surface area contributed by atoms with Crippen LogP contribution in [0, 0.1) is 11.3 Å². The lowest BCUT2D eigenvalue weighted by Gasteiger charge is -2.10. The Labute approximate surface area is 85.9 Å². The maximum Gasteiger partial charge on any atom is 0.100 e. The number of hydrogen-bond acceptors (Lipinski definition) is 2. The van der Waals surface area contributed by atoms with Gasteiger partial charge in [-0.15, -0.1) is 0 Å². The fourth-order valence-corrected chi connectivity index (χ4v) is 1.86. The highest BCUT2D eigenvalue weighted by Gasteiger charge is 2.10. The van der Waals surface area contributed by atoms with Crippen LogP contribution in [0.1, 0.15) is 24.0 Å². The zero-order chi connectivity index (χ0) is 9.84. The van der Waals surface area contributed by atoms with Crippen molar-refractivity contribution in [1.82, 2.24) is 0 Å². The predicted molar refractivity (Wildman–Crippen MR) is 54.4 cm³/mol. The molecule has 0 aromatic heterocycles. The molecule has 0 radical (unpaired) electrons. The van der Waals surface area contributed by atoms with Crippen molar-refractivity contribution >= 4 is 15.9 Å². The van der Waals surface area contributed by atoms with Crippen molar-refractivity contribution in [3.63, 3.8) is 0 Å². The topological polar surface area (TPSA) is 44.0 Å². The molecule has 0 saturated carbocycles. The van der Waals surface area contributed by atoms with Gasteiger partial charge in [-0.25, -0.2) is 0 Å². The largest absolute Gasteiger partial charge is 0.396 e. The normalized spacial score (nSPS) is 12.2. The molecule has 0 aliphatic heterocycles. The van der Waals surface area contributed by atoms with Crippen molar-refractivity contribution in [2.45, 2.75) is 12.8 Å². The summed E-state index contributed by atoms with van der Waals surface area (Å²) in [5.74, 6) is 0.0580. The molecule has 1 rings (SSSR count). The van der Waals surface area contributed by atoms with E-state index >= 15 is 0 Å². The van der Waals surface area contributed by atoms with Crippen LogP contribution in [0.3, 0.4) is 0 Å². The first-order valence-electron chi connectivity index (χ1n) is 4.00. The molecule has 13 heavy (non-hydrogen) atoms. The van der Waals surface area contributed by atoms with E-state index in [2.05, 4.69) is 22.0 Å². The Hall–Kier alpha value is -0.850. The molecule has 2 nitrogen and oxygen atoms in total. The molecule has 1 unspecified atom stereocenters. The van der Waals surface area contributed by atoms with E-state index in [-0.39, 0.29) is 12.5 Å². The number of hydrogen-bond donors (Lipinski definition) is 1. The molecule has 0 amide bonds. The summed E-state index contributed by atoms with van der Waals surface area (Å²) >= 11 is 3.35. The average Bonchev–Trinajstić information content (AvgIpc) is 2.17. The first-order chi connectivity index (χ1) is 6.20. The Morgan fingerprint density at radius 1 is 1.62 bits per heavy atom. The van der Waals surface area contributed by atoms with Crippen molar-refractivity contribution in [2.24, 2.45) is 0 Å². The second-order valence-corrected chi connectivity index (χ2v) is 3.70. The highest BCUT2D eigenvalue weighted by Crippen LogP contribution is 2.27. The Bertz CT molecular complexity index is 343. The van der Waals surface area contributed by atoms with Gasteiger partial charge in [-0.3, -0.25) is 0 Å². The van der Waals surface area contributed by atoms with Crippen molar-refractivity contribution in [1.29, 1.82) is 5.26 Å². The third-order valence-corrected chi connectivity index (χ3v) is 2.84. The molecule has 0 saturated heterocycles. The molecule has 0 bridgehead atoms. The van der Waals surface area contributed by atoms with E-state index in [0.717, 1.165) is 10.0 Å². The number of rotatable bonds is 2. The fraction of sp³-hybridized carbons (Fsp3) is 0.300. The second-order valence-electron chi connectivity index (χ2n) is 2.90. The molecule has 1 aromatic rings. The summed E-state index contributed by atoms with van der Waals surface area (Å²) in [6.07, 6.45) is 0. The molecule has 0 spiro atoms. The van der Waals surface area contributed by atoms with Gasteiger partial charge in [0.25, 0.3) is 0 Å². The molecular weight excluding hydrogens is 230 g/mol. The van der Waals surface area contributed by atoms with Gasteiger partial charge in [0.2, 0.25) is 0 Å². The van der Waals surface area contributed by atoms with Crippen LogP contribution in [0.25, 0.3) is 0 Å². The highest BCUT2D eigenvalue weighted by atomic mass is 79.9. The van der Waals surface area contributed by atoms with Gasteiger partial charge in [0.15, 0.2) is 0 Å². The quantitative estimate of drug-likeness (QED) is 0.862. The number of benzene rings is 1. The number of nitriles is 1. The Morgan fingerprint density at radius 3 is 2.85 bits per heavy atom. The van der Waals surface area contributed by atoms with Crippen LogP contribution in [0.15, 0.2) is 22.7 Å². The Balaban J connectivity index is 3.17. The van der Waals surface area contributed by atoms with Gasteiger partial charge in [-0.1, -0.05) is 19.1 Å². The van der Waals surface area contributed by atoms with E-state index in [9.17, 15) is 0 Å². The standard InChI is InChI=1S/C10H10BrNO/c1-7(6-13)9-4-2-3-8(5-12)10(9)11/h2-4,7,13H,6H2,1H3. The maximum absolute atomic E-state index is 8.97. The van der Waals surface area contributed by atoms with Crippen molar-refractivity contribution in [2.75, 3.05) is 6.61 Å². The summed E-state index contributed by atoms with van der Waals surface area (Å²) in [6, 6.07) is 7.57. The van der Waals surface area contributed by atoms with Gasteiger partial charge < -0.3 is 5.11 Å². The highest BCUT2D eigenvalue weighted by molar-refractivity contribution is 9.10. The smallest absolute Gasteiger partial charge is 0.100 e. The zero-order valence-corrected chi connectivity index (χ0v) is 8.87.